The molecule has 0 radical (unpaired) electrons. The van der Waals surface area contributed by atoms with Gasteiger partial charge >= 0.3 is 0 Å². The molecule has 1 aromatic carbocycles. The van der Waals surface area contributed by atoms with Gasteiger partial charge in [0.05, 0.1) is 10.8 Å². The van der Waals surface area contributed by atoms with Gasteiger partial charge in [-0.25, -0.2) is 0 Å². The fraction of sp³-hybridized carbons (Fsp3) is 0.364. The number of amides is 1. The summed E-state index contributed by atoms with van der Waals surface area (Å²) in [7, 11) is 0. The number of hydrogen-bond donors (Lipinski definition) is 1. The third-order valence-corrected chi connectivity index (χ3v) is 3.56. The van der Waals surface area contributed by atoms with E-state index in [0.29, 0.717) is 22.3 Å². The molecule has 1 aromatic rings. The van der Waals surface area contributed by atoms with E-state index < -0.39 is 0 Å². The smallest absolute Gasteiger partial charge is 0.230 e. The quantitative estimate of drug-likeness (QED) is 0.834. The van der Waals surface area contributed by atoms with Crippen molar-refractivity contribution in [3.8, 4) is 0 Å². The standard InChI is InChI=1S/C11H13Cl2NOS/c1-2-5-14-11(15)7-16-10-6-8(12)3-4-9(10)13/h3-4,6H,2,5,7H2,1H3,(H,14,15). The monoisotopic (exact) mass is 277 g/mol. The predicted octanol–water partition coefficient (Wildman–Crippen LogP) is 3.61. The number of thioether (sulfide) groups is 1. The van der Waals surface area contributed by atoms with E-state index in [9.17, 15) is 4.79 Å². The van der Waals surface area contributed by atoms with Gasteiger partial charge in [0.1, 0.15) is 0 Å². The summed E-state index contributed by atoms with van der Waals surface area (Å²) >= 11 is 13.2. The molecule has 1 rings (SSSR count). The van der Waals surface area contributed by atoms with Crippen molar-refractivity contribution in [3.05, 3.63) is 28.2 Å². The van der Waals surface area contributed by atoms with Gasteiger partial charge in [-0.15, -0.1) is 11.8 Å². The Kier molecular flexibility index (Phi) is 6.03. The minimum Gasteiger partial charge on any atom is -0.355 e. The predicted molar refractivity (Wildman–Crippen MR) is 70.5 cm³/mol. The van der Waals surface area contributed by atoms with E-state index in [1.807, 2.05) is 6.92 Å². The molecular weight excluding hydrogens is 265 g/mol. The van der Waals surface area contributed by atoms with Gasteiger partial charge in [0, 0.05) is 16.5 Å². The molecule has 88 valence electrons. The Bertz CT molecular complexity index is 371. The lowest BCUT2D eigenvalue weighted by Gasteiger charge is -2.05. The Hall–Kier alpha value is -0.380. The molecule has 0 atom stereocenters. The van der Waals surface area contributed by atoms with Crippen LogP contribution in [-0.4, -0.2) is 18.2 Å². The van der Waals surface area contributed by atoms with Crippen LogP contribution in [0.3, 0.4) is 0 Å². The number of nitrogens with one attached hydrogen (secondary N) is 1. The topological polar surface area (TPSA) is 29.1 Å². The van der Waals surface area contributed by atoms with Crippen LogP contribution < -0.4 is 5.32 Å². The molecule has 5 heteroatoms. The zero-order valence-electron chi connectivity index (χ0n) is 8.93. The fourth-order valence-electron chi connectivity index (χ4n) is 1.05. The van der Waals surface area contributed by atoms with Crippen LogP contribution in [0.2, 0.25) is 10.0 Å². The van der Waals surface area contributed by atoms with Crippen molar-refractivity contribution < 1.29 is 4.79 Å². The van der Waals surface area contributed by atoms with Gasteiger partial charge in [-0.3, -0.25) is 4.79 Å². The SMILES string of the molecule is CCCNC(=O)CSc1cc(Cl)ccc1Cl. The number of carbonyl (C=O) groups is 1. The van der Waals surface area contributed by atoms with Crippen LogP contribution in [0.15, 0.2) is 23.1 Å². The van der Waals surface area contributed by atoms with Crippen LogP contribution in [0.4, 0.5) is 0 Å². The number of benzene rings is 1. The van der Waals surface area contributed by atoms with E-state index in [1.54, 1.807) is 18.2 Å². The summed E-state index contributed by atoms with van der Waals surface area (Å²) in [5, 5.41) is 4.05. The maximum Gasteiger partial charge on any atom is 0.230 e. The highest BCUT2D eigenvalue weighted by Gasteiger charge is 2.05. The van der Waals surface area contributed by atoms with E-state index in [0.717, 1.165) is 11.3 Å². The van der Waals surface area contributed by atoms with E-state index >= 15 is 0 Å². The molecule has 1 amide bonds. The van der Waals surface area contributed by atoms with Crippen LogP contribution in [0.5, 0.6) is 0 Å². The second-order valence-electron chi connectivity index (χ2n) is 3.21. The summed E-state index contributed by atoms with van der Waals surface area (Å²) in [4.78, 5) is 12.2. The molecule has 0 saturated heterocycles. The third kappa shape index (κ3) is 4.64. The summed E-state index contributed by atoms with van der Waals surface area (Å²) < 4.78 is 0. The van der Waals surface area contributed by atoms with Crippen molar-refractivity contribution in [1.82, 2.24) is 5.32 Å². The van der Waals surface area contributed by atoms with Crippen LogP contribution in [0, 0.1) is 0 Å². The van der Waals surface area contributed by atoms with Crippen LogP contribution in [0.1, 0.15) is 13.3 Å². The van der Waals surface area contributed by atoms with Crippen LogP contribution in [0.25, 0.3) is 0 Å². The summed E-state index contributed by atoms with van der Waals surface area (Å²) in [6, 6.07) is 5.23. The van der Waals surface area contributed by atoms with Crippen molar-refractivity contribution in [1.29, 1.82) is 0 Å². The van der Waals surface area contributed by atoms with Crippen molar-refractivity contribution in [2.24, 2.45) is 0 Å². The molecule has 0 aromatic heterocycles. The van der Waals surface area contributed by atoms with E-state index in [1.165, 1.54) is 11.8 Å². The van der Waals surface area contributed by atoms with Crippen molar-refractivity contribution in [2.75, 3.05) is 12.3 Å². The minimum absolute atomic E-state index is 0.0166. The minimum atomic E-state index is 0.0166. The molecule has 0 bridgehead atoms. The number of carbonyl (C=O) groups excluding carboxylic acids is 1. The average Bonchev–Trinajstić information content (AvgIpc) is 2.27. The number of halogens is 2. The van der Waals surface area contributed by atoms with E-state index in [-0.39, 0.29) is 5.91 Å². The van der Waals surface area contributed by atoms with Crippen molar-refractivity contribution >= 4 is 40.9 Å². The Morgan fingerprint density at radius 3 is 2.88 bits per heavy atom. The molecule has 0 aliphatic rings. The van der Waals surface area contributed by atoms with Gasteiger partial charge in [-0.2, -0.15) is 0 Å². The normalized spacial score (nSPS) is 10.2. The first-order chi connectivity index (χ1) is 7.63. The fourth-order valence-corrected chi connectivity index (χ4v) is 2.37. The Morgan fingerprint density at radius 1 is 1.44 bits per heavy atom. The largest absolute Gasteiger partial charge is 0.355 e. The van der Waals surface area contributed by atoms with E-state index in [4.69, 9.17) is 23.2 Å². The molecular formula is C11H13Cl2NOS. The first-order valence-electron chi connectivity index (χ1n) is 4.98. The van der Waals surface area contributed by atoms with Crippen molar-refractivity contribution in [3.63, 3.8) is 0 Å². The highest BCUT2D eigenvalue weighted by molar-refractivity contribution is 8.00. The first kappa shape index (κ1) is 13.7. The van der Waals surface area contributed by atoms with Crippen molar-refractivity contribution in [2.45, 2.75) is 18.2 Å². The van der Waals surface area contributed by atoms with Gasteiger partial charge in [-0.05, 0) is 24.6 Å². The average molecular weight is 278 g/mol. The summed E-state index contributed by atoms with van der Waals surface area (Å²) in [6.07, 6.45) is 0.939. The Balaban J connectivity index is 2.47. The zero-order chi connectivity index (χ0) is 12.0. The van der Waals surface area contributed by atoms with Gasteiger partial charge in [0.2, 0.25) is 5.91 Å². The maximum absolute atomic E-state index is 11.4. The molecule has 0 fully saturated rings. The van der Waals surface area contributed by atoms with Crippen LogP contribution >= 0.6 is 35.0 Å². The summed E-state index contributed by atoms with van der Waals surface area (Å²) in [6.45, 7) is 2.73. The van der Waals surface area contributed by atoms with E-state index in [2.05, 4.69) is 5.32 Å². The molecule has 0 heterocycles. The molecule has 0 aliphatic carbocycles. The van der Waals surface area contributed by atoms with Gasteiger partial charge in [0.25, 0.3) is 0 Å². The molecule has 0 saturated carbocycles. The summed E-state index contributed by atoms with van der Waals surface area (Å²) in [5.74, 6) is 0.378. The maximum atomic E-state index is 11.4. The van der Waals surface area contributed by atoms with Gasteiger partial charge in [0.15, 0.2) is 0 Å². The Labute approximate surface area is 110 Å². The molecule has 0 unspecified atom stereocenters. The van der Waals surface area contributed by atoms with Gasteiger partial charge in [-0.1, -0.05) is 30.1 Å². The molecule has 0 spiro atoms. The first-order valence-corrected chi connectivity index (χ1v) is 6.72. The lowest BCUT2D eigenvalue weighted by Crippen LogP contribution is -2.25. The molecule has 0 aliphatic heterocycles. The lowest BCUT2D eigenvalue weighted by atomic mass is 10.4. The second kappa shape index (κ2) is 7.05. The Morgan fingerprint density at radius 2 is 2.19 bits per heavy atom. The molecule has 1 N–H and O–H groups in total. The number of rotatable bonds is 5. The highest BCUT2D eigenvalue weighted by atomic mass is 35.5. The van der Waals surface area contributed by atoms with Crippen LogP contribution in [-0.2, 0) is 4.79 Å². The lowest BCUT2D eigenvalue weighted by molar-refractivity contribution is -0.118. The third-order valence-electron chi connectivity index (χ3n) is 1.82. The van der Waals surface area contributed by atoms with Gasteiger partial charge < -0.3 is 5.32 Å². The molecule has 2 nitrogen and oxygen atoms in total. The number of hydrogen-bond acceptors (Lipinski definition) is 2. The molecule has 16 heavy (non-hydrogen) atoms. The highest BCUT2D eigenvalue weighted by Crippen LogP contribution is 2.29. The summed E-state index contributed by atoms with van der Waals surface area (Å²) in [5.41, 5.74) is 0. The zero-order valence-corrected chi connectivity index (χ0v) is 11.3. The second-order valence-corrected chi connectivity index (χ2v) is 5.07.